The van der Waals surface area contributed by atoms with E-state index in [1.54, 1.807) is 0 Å². The molecule has 0 saturated carbocycles. The average Bonchev–Trinajstić information content (AvgIpc) is 4.05. The van der Waals surface area contributed by atoms with Crippen LogP contribution in [0, 0.1) is 22.7 Å². The van der Waals surface area contributed by atoms with Gasteiger partial charge in [0.2, 0.25) is 0 Å². The minimum atomic E-state index is 0.343. The number of furan rings is 1. The lowest BCUT2D eigenvalue weighted by molar-refractivity contribution is 0.667. The van der Waals surface area contributed by atoms with Crippen molar-refractivity contribution in [3.63, 3.8) is 0 Å². The number of fused-ring (bicyclic) bond motifs is 9. The molecule has 0 aliphatic heterocycles. The van der Waals surface area contributed by atoms with Gasteiger partial charge >= 0.3 is 0 Å². The number of benzene rings is 10. The van der Waals surface area contributed by atoms with Crippen molar-refractivity contribution in [1.82, 2.24) is 9.13 Å². The first-order valence-corrected chi connectivity index (χ1v) is 22.4. The predicted octanol–water partition coefficient (Wildman–Crippen LogP) is 16.2. The van der Waals surface area contributed by atoms with E-state index >= 15 is 0 Å². The maximum atomic E-state index is 11.8. The number of hydrogen-bond donors (Lipinski definition) is 0. The maximum absolute atomic E-state index is 11.8. The standard InChI is InChI=1S/C62H36N4O/c63-37-52-59-47-23-13-14-24-58(47)67-62(59)53(38-64)61(66-56-31-27-45(41-19-9-3-10-20-41)35-50(56)51-36-46(28-32-57(51)66)42-21-11-4-12-22-42)60(52)65-54-29-25-43(39-15-5-1-6-16-39)33-48(54)49-34-44(26-30-55(49)65)40-17-7-2-8-18-40/h1-36H. The van der Waals surface area contributed by atoms with Gasteiger partial charge in [-0.1, -0.05) is 164 Å². The molecule has 13 rings (SSSR count). The molecule has 0 spiro atoms. The predicted molar refractivity (Wildman–Crippen MR) is 274 cm³/mol. The molecule has 0 aliphatic rings. The van der Waals surface area contributed by atoms with Gasteiger partial charge in [-0.05, 0) is 99.1 Å². The molecule has 0 radical (unpaired) electrons. The van der Waals surface area contributed by atoms with Crippen LogP contribution in [0.5, 0.6) is 0 Å². The van der Waals surface area contributed by atoms with Gasteiger partial charge < -0.3 is 13.6 Å². The number of nitriles is 2. The van der Waals surface area contributed by atoms with Crippen molar-refractivity contribution in [3.8, 4) is 68.0 Å². The van der Waals surface area contributed by atoms with E-state index in [2.05, 4.69) is 191 Å². The highest BCUT2D eigenvalue weighted by molar-refractivity contribution is 6.18. The third-order valence-electron chi connectivity index (χ3n) is 13.4. The smallest absolute Gasteiger partial charge is 0.156 e. The second kappa shape index (κ2) is 15.1. The Bertz CT molecular complexity index is 4010. The van der Waals surface area contributed by atoms with Crippen molar-refractivity contribution >= 4 is 65.6 Å². The topological polar surface area (TPSA) is 70.6 Å². The van der Waals surface area contributed by atoms with Crippen LogP contribution in [0.3, 0.4) is 0 Å². The van der Waals surface area contributed by atoms with Crippen LogP contribution in [0.25, 0.3) is 121 Å². The Balaban J connectivity index is 1.22. The summed E-state index contributed by atoms with van der Waals surface area (Å²) in [6, 6.07) is 81.1. The summed E-state index contributed by atoms with van der Waals surface area (Å²) in [5.74, 6) is 0. The summed E-state index contributed by atoms with van der Waals surface area (Å²) in [4.78, 5) is 0. The highest BCUT2D eigenvalue weighted by Crippen LogP contribution is 2.48. The summed E-state index contributed by atoms with van der Waals surface area (Å²) < 4.78 is 11.1. The van der Waals surface area contributed by atoms with Crippen LogP contribution in [0.15, 0.2) is 223 Å². The highest BCUT2D eigenvalue weighted by Gasteiger charge is 2.31. The molecule has 310 valence electrons. The highest BCUT2D eigenvalue weighted by atomic mass is 16.3. The van der Waals surface area contributed by atoms with Crippen LogP contribution in [0.1, 0.15) is 11.1 Å². The van der Waals surface area contributed by atoms with Crippen molar-refractivity contribution in [2.45, 2.75) is 0 Å². The number of rotatable bonds is 6. The van der Waals surface area contributed by atoms with Crippen molar-refractivity contribution in [1.29, 1.82) is 10.5 Å². The number of nitrogens with zero attached hydrogens (tertiary/aromatic N) is 4. The Morgan fingerprint density at radius 2 is 0.642 bits per heavy atom. The maximum Gasteiger partial charge on any atom is 0.156 e. The first-order valence-electron chi connectivity index (χ1n) is 22.4. The van der Waals surface area contributed by atoms with Crippen molar-refractivity contribution in [2.24, 2.45) is 0 Å². The molecule has 3 heterocycles. The molecule has 0 fully saturated rings. The van der Waals surface area contributed by atoms with E-state index in [-0.39, 0.29) is 0 Å². The van der Waals surface area contributed by atoms with Gasteiger partial charge in [-0.25, -0.2) is 0 Å². The normalized spacial score (nSPS) is 11.6. The van der Waals surface area contributed by atoms with Gasteiger partial charge in [0.15, 0.2) is 5.58 Å². The van der Waals surface area contributed by atoms with Gasteiger partial charge in [0.05, 0.1) is 39.0 Å². The lowest BCUT2D eigenvalue weighted by Crippen LogP contribution is -2.09. The summed E-state index contributed by atoms with van der Waals surface area (Å²) in [5, 5.41) is 29.0. The van der Waals surface area contributed by atoms with Gasteiger partial charge in [-0.15, -0.1) is 0 Å². The zero-order valence-corrected chi connectivity index (χ0v) is 36.0. The molecule has 0 unspecified atom stereocenters. The largest absolute Gasteiger partial charge is 0.455 e. The third kappa shape index (κ3) is 5.86. The SMILES string of the molecule is N#Cc1c(-n2c3ccc(-c4ccccc4)cc3c3cc(-c4ccccc4)ccc32)c(-n2c3ccc(-c4ccccc4)cc3c3cc(-c4ccccc4)ccc32)c(C#N)c2c1oc1ccccc12. The van der Waals surface area contributed by atoms with Crippen molar-refractivity contribution < 1.29 is 4.42 Å². The fourth-order valence-corrected chi connectivity index (χ4v) is 10.3. The van der Waals surface area contributed by atoms with E-state index in [0.29, 0.717) is 39.1 Å². The second-order valence-electron chi connectivity index (χ2n) is 17.0. The summed E-state index contributed by atoms with van der Waals surface area (Å²) in [6.07, 6.45) is 0. The molecule has 0 aliphatic carbocycles. The molecule has 5 heteroatoms. The van der Waals surface area contributed by atoms with Gasteiger partial charge in [0.1, 0.15) is 23.3 Å². The van der Waals surface area contributed by atoms with Crippen LogP contribution >= 0.6 is 0 Å². The summed E-state index contributed by atoms with van der Waals surface area (Å²) in [6.45, 7) is 0. The van der Waals surface area contributed by atoms with E-state index in [1.165, 1.54) is 0 Å². The quantitative estimate of drug-likeness (QED) is 0.167. The van der Waals surface area contributed by atoms with Crippen LogP contribution < -0.4 is 0 Å². The van der Waals surface area contributed by atoms with Crippen LogP contribution in [-0.4, -0.2) is 9.13 Å². The van der Waals surface area contributed by atoms with Crippen molar-refractivity contribution in [3.05, 3.63) is 230 Å². The van der Waals surface area contributed by atoms with E-state index < -0.39 is 0 Å². The van der Waals surface area contributed by atoms with Gasteiger partial charge in [-0.2, -0.15) is 10.5 Å². The molecule has 0 atom stereocenters. The molecule has 13 aromatic rings. The Hall–Kier alpha value is -9.42. The fourth-order valence-electron chi connectivity index (χ4n) is 10.3. The van der Waals surface area contributed by atoms with Crippen LogP contribution in [0.4, 0.5) is 0 Å². The molecular weight excluding hydrogens is 817 g/mol. The molecule has 0 bridgehead atoms. The molecule has 3 aromatic heterocycles. The Morgan fingerprint density at radius 3 is 1.00 bits per heavy atom. The average molecular weight is 853 g/mol. The number of aromatic nitrogens is 2. The van der Waals surface area contributed by atoms with Gasteiger partial charge in [0.25, 0.3) is 0 Å². The summed E-state index contributed by atoms with van der Waals surface area (Å²) in [5.41, 5.74) is 15.3. The number of hydrogen-bond acceptors (Lipinski definition) is 3. The third-order valence-corrected chi connectivity index (χ3v) is 13.4. The molecule has 0 N–H and O–H groups in total. The molecular formula is C62H36N4O. The first-order chi connectivity index (χ1) is 33.2. The molecule has 0 saturated heterocycles. The lowest BCUT2D eigenvalue weighted by Gasteiger charge is -2.20. The summed E-state index contributed by atoms with van der Waals surface area (Å²) in [7, 11) is 0. The van der Waals surface area contributed by atoms with E-state index in [0.717, 1.165) is 93.5 Å². The van der Waals surface area contributed by atoms with Crippen LogP contribution in [-0.2, 0) is 0 Å². The Morgan fingerprint density at radius 1 is 0.313 bits per heavy atom. The monoisotopic (exact) mass is 852 g/mol. The molecule has 5 nitrogen and oxygen atoms in total. The minimum Gasteiger partial charge on any atom is -0.455 e. The van der Waals surface area contributed by atoms with Crippen molar-refractivity contribution in [2.75, 3.05) is 0 Å². The molecule has 10 aromatic carbocycles. The van der Waals surface area contributed by atoms with Crippen LogP contribution in [0.2, 0.25) is 0 Å². The molecule has 0 amide bonds. The zero-order chi connectivity index (χ0) is 44.6. The second-order valence-corrected chi connectivity index (χ2v) is 17.0. The Kier molecular flexibility index (Phi) is 8.58. The zero-order valence-electron chi connectivity index (χ0n) is 36.0. The van der Waals surface area contributed by atoms with E-state index in [9.17, 15) is 10.5 Å². The summed E-state index contributed by atoms with van der Waals surface area (Å²) >= 11 is 0. The van der Waals surface area contributed by atoms with Gasteiger partial charge in [0, 0.05) is 32.3 Å². The van der Waals surface area contributed by atoms with E-state index in [4.69, 9.17) is 4.42 Å². The lowest BCUT2D eigenvalue weighted by atomic mass is 9.98. The first kappa shape index (κ1) is 38.1. The van der Waals surface area contributed by atoms with Gasteiger partial charge in [-0.3, -0.25) is 0 Å². The minimum absolute atomic E-state index is 0.343. The number of para-hydroxylation sites is 1. The van der Waals surface area contributed by atoms with E-state index in [1.807, 2.05) is 48.5 Å². The Labute approximate surface area is 385 Å². The fraction of sp³-hybridized carbons (Fsp3) is 0. The molecule has 67 heavy (non-hydrogen) atoms.